The monoisotopic (exact) mass is 259 g/mol. The van der Waals surface area contributed by atoms with Gasteiger partial charge >= 0.3 is 0 Å². The number of hydrogen-bond donors (Lipinski definition) is 1. The van der Waals surface area contributed by atoms with Crippen LogP contribution < -0.4 is 10.1 Å². The van der Waals surface area contributed by atoms with E-state index in [2.05, 4.69) is 26.1 Å². The summed E-state index contributed by atoms with van der Waals surface area (Å²) in [5, 5.41) is 3.45. The van der Waals surface area contributed by atoms with Gasteiger partial charge in [0, 0.05) is 18.7 Å². The van der Waals surface area contributed by atoms with Crippen LogP contribution in [-0.4, -0.2) is 19.2 Å². The zero-order valence-corrected chi connectivity index (χ0v) is 11.2. The molecule has 1 atom stereocenters. The predicted octanol–water partition coefficient (Wildman–Crippen LogP) is 3.49. The van der Waals surface area contributed by atoms with Crippen LogP contribution in [0.2, 0.25) is 5.02 Å². The van der Waals surface area contributed by atoms with Crippen molar-refractivity contribution in [1.29, 1.82) is 0 Å². The lowest BCUT2D eigenvalue weighted by Crippen LogP contribution is -2.33. The third-order valence-corrected chi connectivity index (χ3v) is 3.03. The molecule has 0 fully saturated rings. The molecule has 0 bridgehead atoms. The largest absolute Gasteiger partial charge is 0.492 e. The average molecular weight is 260 g/mol. The summed E-state index contributed by atoms with van der Waals surface area (Å²) in [5.41, 5.74) is 0. The second kappa shape index (κ2) is 6.82. The van der Waals surface area contributed by atoms with E-state index in [1.54, 1.807) is 6.07 Å². The minimum Gasteiger partial charge on any atom is -0.492 e. The molecule has 1 N–H and O–H groups in total. The van der Waals surface area contributed by atoms with Gasteiger partial charge in [0.1, 0.15) is 18.2 Å². The van der Waals surface area contributed by atoms with Gasteiger partial charge in [0.15, 0.2) is 0 Å². The standard InChI is InChI=1S/C13H19ClFNO/c1-9(2)10(3)16-6-7-17-11-4-5-12(14)13(15)8-11/h4-5,8-10,16H,6-7H2,1-3H3. The van der Waals surface area contributed by atoms with Crippen LogP contribution in [0.3, 0.4) is 0 Å². The van der Waals surface area contributed by atoms with Crippen molar-refractivity contribution in [3.63, 3.8) is 0 Å². The number of hydrogen-bond acceptors (Lipinski definition) is 2. The third kappa shape index (κ3) is 4.92. The highest BCUT2D eigenvalue weighted by Crippen LogP contribution is 2.20. The molecule has 17 heavy (non-hydrogen) atoms. The summed E-state index contributed by atoms with van der Waals surface area (Å²) in [6, 6.07) is 4.91. The Balaban J connectivity index is 2.29. The van der Waals surface area contributed by atoms with Crippen molar-refractivity contribution in [2.24, 2.45) is 5.92 Å². The highest BCUT2D eigenvalue weighted by atomic mass is 35.5. The molecule has 0 aliphatic rings. The Labute approximate surface area is 107 Å². The molecule has 1 aromatic carbocycles. The number of ether oxygens (including phenoxy) is 1. The Morgan fingerprint density at radius 2 is 2.06 bits per heavy atom. The lowest BCUT2D eigenvalue weighted by Gasteiger charge is -2.17. The van der Waals surface area contributed by atoms with Crippen molar-refractivity contribution >= 4 is 11.6 Å². The molecule has 0 amide bonds. The number of nitrogens with one attached hydrogen (secondary N) is 1. The summed E-state index contributed by atoms with van der Waals surface area (Å²) >= 11 is 5.58. The molecule has 0 spiro atoms. The molecule has 4 heteroatoms. The molecular formula is C13H19ClFNO. The van der Waals surface area contributed by atoms with E-state index >= 15 is 0 Å². The summed E-state index contributed by atoms with van der Waals surface area (Å²) in [6.45, 7) is 7.70. The Kier molecular flexibility index (Phi) is 5.72. The van der Waals surface area contributed by atoms with Crippen LogP contribution in [0, 0.1) is 11.7 Å². The molecule has 1 unspecified atom stereocenters. The second-order valence-electron chi connectivity index (χ2n) is 4.41. The van der Waals surface area contributed by atoms with Crippen LogP contribution in [-0.2, 0) is 0 Å². The van der Waals surface area contributed by atoms with E-state index in [1.165, 1.54) is 12.1 Å². The third-order valence-electron chi connectivity index (χ3n) is 2.73. The summed E-state index contributed by atoms with van der Waals surface area (Å²) < 4.78 is 18.5. The maximum atomic E-state index is 13.1. The van der Waals surface area contributed by atoms with E-state index in [0.29, 0.717) is 24.3 Å². The van der Waals surface area contributed by atoms with E-state index in [0.717, 1.165) is 6.54 Å². The molecule has 0 radical (unpaired) electrons. The van der Waals surface area contributed by atoms with Gasteiger partial charge < -0.3 is 10.1 Å². The van der Waals surface area contributed by atoms with Crippen LogP contribution in [0.25, 0.3) is 0 Å². The van der Waals surface area contributed by atoms with Gasteiger partial charge in [0.25, 0.3) is 0 Å². The Morgan fingerprint density at radius 3 is 2.65 bits per heavy atom. The summed E-state index contributed by atoms with van der Waals surface area (Å²) in [4.78, 5) is 0. The van der Waals surface area contributed by atoms with Gasteiger partial charge in [-0.25, -0.2) is 4.39 Å². The van der Waals surface area contributed by atoms with Crippen LogP contribution >= 0.6 is 11.6 Å². The number of benzene rings is 1. The van der Waals surface area contributed by atoms with E-state index < -0.39 is 5.82 Å². The van der Waals surface area contributed by atoms with Gasteiger partial charge in [0.05, 0.1) is 5.02 Å². The van der Waals surface area contributed by atoms with Crippen LogP contribution in [0.15, 0.2) is 18.2 Å². The second-order valence-corrected chi connectivity index (χ2v) is 4.82. The fraction of sp³-hybridized carbons (Fsp3) is 0.538. The van der Waals surface area contributed by atoms with Gasteiger partial charge in [-0.05, 0) is 25.0 Å². The van der Waals surface area contributed by atoms with Crippen molar-refractivity contribution in [2.75, 3.05) is 13.2 Å². The lowest BCUT2D eigenvalue weighted by atomic mass is 10.1. The maximum absolute atomic E-state index is 13.1. The molecule has 96 valence electrons. The molecule has 0 heterocycles. The summed E-state index contributed by atoms with van der Waals surface area (Å²) in [6.07, 6.45) is 0. The van der Waals surface area contributed by atoms with Crippen LogP contribution in [0.4, 0.5) is 4.39 Å². The van der Waals surface area contributed by atoms with Crippen LogP contribution in [0.1, 0.15) is 20.8 Å². The van der Waals surface area contributed by atoms with Crippen LogP contribution in [0.5, 0.6) is 5.75 Å². The van der Waals surface area contributed by atoms with E-state index in [-0.39, 0.29) is 5.02 Å². The Hall–Kier alpha value is -0.800. The highest BCUT2D eigenvalue weighted by molar-refractivity contribution is 6.30. The molecule has 0 aromatic heterocycles. The molecule has 0 aliphatic heterocycles. The number of rotatable bonds is 6. The average Bonchev–Trinajstić information content (AvgIpc) is 2.28. The SMILES string of the molecule is CC(C)C(C)NCCOc1ccc(Cl)c(F)c1. The van der Waals surface area contributed by atoms with Crippen molar-refractivity contribution in [3.8, 4) is 5.75 Å². The Bertz CT molecular complexity index is 357. The first-order chi connectivity index (χ1) is 8.00. The summed E-state index contributed by atoms with van der Waals surface area (Å²) in [5.74, 6) is 0.640. The van der Waals surface area contributed by atoms with Crippen molar-refractivity contribution < 1.29 is 9.13 Å². The minimum absolute atomic E-state index is 0.115. The topological polar surface area (TPSA) is 21.3 Å². The molecule has 0 saturated heterocycles. The fourth-order valence-electron chi connectivity index (χ4n) is 1.26. The van der Waals surface area contributed by atoms with Gasteiger partial charge in [-0.1, -0.05) is 25.4 Å². The first kappa shape index (κ1) is 14.3. The smallest absolute Gasteiger partial charge is 0.145 e. The number of halogens is 2. The fourth-order valence-corrected chi connectivity index (χ4v) is 1.38. The van der Waals surface area contributed by atoms with Crippen molar-refractivity contribution in [1.82, 2.24) is 5.32 Å². The van der Waals surface area contributed by atoms with Crippen molar-refractivity contribution in [2.45, 2.75) is 26.8 Å². The lowest BCUT2D eigenvalue weighted by molar-refractivity contribution is 0.295. The first-order valence-electron chi connectivity index (χ1n) is 5.82. The van der Waals surface area contributed by atoms with Gasteiger partial charge in [-0.15, -0.1) is 0 Å². The quantitative estimate of drug-likeness (QED) is 0.790. The molecule has 0 saturated carbocycles. The normalized spacial score (nSPS) is 12.8. The van der Waals surface area contributed by atoms with Gasteiger partial charge in [-0.2, -0.15) is 0 Å². The van der Waals surface area contributed by atoms with Gasteiger partial charge in [0.2, 0.25) is 0 Å². The molecule has 0 aliphatic carbocycles. The molecule has 1 aromatic rings. The van der Waals surface area contributed by atoms with E-state index in [9.17, 15) is 4.39 Å². The van der Waals surface area contributed by atoms with E-state index in [4.69, 9.17) is 16.3 Å². The molecule has 1 rings (SSSR count). The zero-order chi connectivity index (χ0) is 12.8. The predicted molar refractivity (Wildman–Crippen MR) is 69.2 cm³/mol. The zero-order valence-electron chi connectivity index (χ0n) is 10.5. The highest BCUT2D eigenvalue weighted by Gasteiger charge is 2.05. The van der Waals surface area contributed by atoms with Crippen molar-refractivity contribution in [3.05, 3.63) is 29.0 Å². The first-order valence-corrected chi connectivity index (χ1v) is 6.19. The molecule has 2 nitrogen and oxygen atoms in total. The minimum atomic E-state index is -0.451. The summed E-state index contributed by atoms with van der Waals surface area (Å²) in [7, 11) is 0. The Morgan fingerprint density at radius 1 is 1.35 bits per heavy atom. The molecular weight excluding hydrogens is 241 g/mol. The van der Waals surface area contributed by atoms with E-state index in [1.807, 2.05) is 0 Å². The maximum Gasteiger partial charge on any atom is 0.145 e. The van der Waals surface area contributed by atoms with Gasteiger partial charge in [-0.3, -0.25) is 0 Å².